The summed E-state index contributed by atoms with van der Waals surface area (Å²) in [5.74, 6) is -34.2. The molecule has 0 bridgehead atoms. The standard InChI is InChI=1S/C8HF15/c9-2(7(18,19)20,5(14,15)8(21,22)23)1-3(10,11)6(16,17)4(1,12)13/h1H. The van der Waals surface area contributed by atoms with Crippen molar-refractivity contribution in [3.05, 3.63) is 0 Å². The molecule has 0 nitrogen and oxygen atoms in total. The second kappa shape index (κ2) is 4.32. The molecule has 15 heteroatoms. The highest BCUT2D eigenvalue weighted by molar-refractivity contribution is 5.27. The van der Waals surface area contributed by atoms with Crippen molar-refractivity contribution in [2.24, 2.45) is 5.92 Å². The highest BCUT2D eigenvalue weighted by Crippen LogP contribution is 2.73. The predicted octanol–water partition coefficient (Wildman–Crippen LogP) is 4.99. The Morgan fingerprint density at radius 3 is 1.04 bits per heavy atom. The van der Waals surface area contributed by atoms with Gasteiger partial charge in [0.25, 0.3) is 5.67 Å². The van der Waals surface area contributed by atoms with Crippen LogP contribution in [-0.4, -0.2) is 41.7 Å². The molecular weight excluding hydrogens is 381 g/mol. The zero-order valence-electron chi connectivity index (χ0n) is 9.75. The highest BCUT2D eigenvalue weighted by atomic mass is 19.4. The minimum Gasteiger partial charge on any atom is -0.226 e. The summed E-state index contributed by atoms with van der Waals surface area (Å²) in [5.41, 5.74) is -7.70. The monoisotopic (exact) mass is 382 g/mol. The molecular formula is C8HF15. The van der Waals surface area contributed by atoms with Crippen LogP contribution in [-0.2, 0) is 0 Å². The molecule has 0 radical (unpaired) electrons. The van der Waals surface area contributed by atoms with Crippen LogP contribution in [0.3, 0.4) is 0 Å². The fourth-order valence-electron chi connectivity index (χ4n) is 1.96. The van der Waals surface area contributed by atoms with E-state index >= 15 is 0 Å². The Morgan fingerprint density at radius 1 is 0.522 bits per heavy atom. The summed E-state index contributed by atoms with van der Waals surface area (Å²) in [5, 5.41) is 0. The van der Waals surface area contributed by atoms with Gasteiger partial charge in [-0.15, -0.1) is 0 Å². The molecule has 23 heavy (non-hydrogen) atoms. The zero-order valence-corrected chi connectivity index (χ0v) is 9.75. The third-order valence-electron chi connectivity index (χ3n) is 3.19. The lowest BCUT2D eigenvalue weighted by molar-refractivity contribution is -0.502. The fourth-order valence-corrected chi connectivity index (χ4v) is 1.96. The van der Waals surface area contributed by atoms with Gasteiger partial charge in [0.2, 0.25) is 0 Å². The normalized spacial score (nSPS) is 27.3. The molecule has 0 spiro atoms. The third-order valence-corrected chi connectivity index (χ3v) is 3.19. The number of halogens is 15. The molecule has 1 rings (SSSR count). The first kappa shape index (κ1) is 20.0. The van der Waals surface area contributed by atoms with E-state index in [1.54, 1.807) is 0 Å². The third kappa shape index (κ3) is 1.96. The van der Waals surface area contributed by atoms with Crippen LogP contribution in [0.4, 0.5) is 65.9 Å². The van der Waals surface area contributed by atoms with Crippen LogP contribution in [0.25, 0.3) is 0 Å². The molecule has 0 aliphatic heterocycles. The van der Waals surface area contributed by atoms with Gasteiger partial charge in [-0.1, -0.05) is 0 Å². The molecule has 0 saturated heterocycles. The van der Waals surface area contributed by atoms with Gasteiger partial charge in [0, 0.05) is 0 Å². The second-order valence-electron chi connectivity index (χ2n) is 4.54. The highest BCUT2D eigenvalue weighted by Gasteiger charge is 3.01. The first-order chi connectivity index (χ1) is 9.62. The van der Waals surface area contributed by atoms with E-state index in [0.717, 1.165) is 0 Å². The van der Waals surface area contributed by atoms with Crippen molar-refractivity contribution in [3.63, 3.8) is 0 Å². The average Bonchev–Trinajstić information content (AvgIpc) is 2.23. The van der Waals surface area contributed by atoms with E-state index < -0.39 is 47.6 Å². The Labute approximate surface area is 115 Å². The molecule has 1 unspecified atom stereocenters. The maximum Gasteiger partial charge on any atom is 0.457 e. The molecule has 0 aromatic heterocycles. The first-order valence-electron chi connectivity index (χ1n) is 4.95. The van der Waals surface area contributed by atoms with Gasteiger partial charge in [0.05, 0.1) is 0 Å². The van der Waals surface area contributed by atoms with Crippen LogP contribution in [0, 0.1) is 5.92 Å². The summed E-state index contributed by atoms with van der Waals surface area (Å²) in [6, 6.07) is 0. The van der Waals surface area contributed by atoms with E-state index in [-0.39, 0.29) is 0 Å². The molecule has 0 aromatic carbocycles. The van der Waals surface area contributed by atoms with E-state index in [2.05, 4.69) is 0 Å². The van der Waals surface area contributed by atoms with Crippen molar-refractivity contribution in [1.29, 1.82) is 0 Å². The van der Waals surface area contributed by atoms with Crippen LogP contribution >= 0.6 is 0 Å². The summed E-state index contributed by atoms with van der Waals surface area (Å²) in [4.78, 5) is 0. The van der Waals surface area contributed by atoms with E-state index in [1.165, 1.54) is 0 Å². The van der Waals surface area contributed by atoms with Crippen LogP contribution in [0.15, 0.2) is 0 Å². The summed E-state index contributed by atoms with van der Waals surface area (Å²) >= 11 is 0. The summed E-state index contributed by atoms with van der Waals surface area (Å²) < 4.78 is 187. The van der Waals surface area contributed by atoms with Crippen molar-refractivity contribution >= 4 is 0 Å². The van der Waals surface area contributed by atoms with Crippen molar-refractivity contribution in [2.45, 2.75) is 41.7 Å². The lowest BCUT2D eigenvalue weighted by Crippen LogP contribution is -2.85. The SMILES string of the molecule is FC(F)(F)C(F)(F)C(F)(C1C(F)(F)C(F)(F)C1(F)F)C(F)(F)F. The van der Waals surface area contributed by atoms with Crippen molar-refractivity contribution < 1.29 is 65.9 Å². The molecule has 1 saturated carbocycles. The second-order valence-corrected chi connectivity index (χ2v) is 4.54. The largest absolute Gasteiger partial charge is 0.457 e. The van der Waals surface area contributed by atoms with E-state index in [4.69, 9.17) is 0 Å². The number of rotatable bonds is 2. The molecule has 0 aromatic rings. The Bertz CT molecular complexity index is 463. The van der Waals surface area contributed by atoms with Gasteiger partial charge in [0.15, 0.2) is 0 Å². The van der Waals surface area contributed by atoms with Gasteiger partial charge < -0.3 is 0 Å². The van der Waals surface area contributed by atoms with Crippen LogP contribution in [0.2, 0.25) is 0 Å². The van der Waals surface area contributed by atoms with E-state index in [9.17, 15) is 65.9 Å². The Hall–Kier alpha value is -1.05. The lowest BCUT2D eigenvalue weighted by Gasteiger charge is -2.55. The maximum absolute atomic E-state index is 13.5. The molecule has 1 fully saturated rings. The van der Waals surface area contributed by atoms with Gasteiger partial charge in [0.1, 0.15) is 5.92 Å². The van der Waals surface area contributed by atoms with Gasteiger partial charge in [-0.05, 0) is 0 Å². The molecule has 138 valence electrons. The molecule has 1 aliphatic rings. The Morgan fingerprint density at radius 2 is 0.826 bits per heavy atom. The fraction of sp³-hybridized carbons (Fsp3) is 1.00. The number of hydrogen-bond donors (Lipinski definition) is 0. The number of alkyl halides is 15. The van der Waals surface area contributed by atoms with Crippen LogP contribution in [0.5, 0.6) is 0 Å². The van der Waals surface area contributed by atoms with Gasteiger partial charge in [-0.2, -0.15) is 61.5 Å². The van der Waals surface area contributed by atoms with Crippen LogP contribution < -0.4 is 0 Å². The number of hydrogen-bond acceptors (Lipinski definition) is 0. The topological polar surface area (TPSA) is 0 Å². The smallest absolute Gasteiger partial charge is 0.226 e. The minimum absolute atomic E-state index is 5.99. The summed E-state index contributed by atoms with van der Waals surface area (Å²) in [6.45, 7) is 0. The van der Waals surface area contributed by atoms with Crippen molar-refractivity contribution in [2.75, 3.05) is 0 Å². The Balaban J connectivity index is 3.72. The zero-order chi connectivity index (χ0) is 19.1. The predicted molar refractivity (Wildman–Crippen MR) is 39.2 cm³/mol. The summed E-state index contributed by atoms with van der Waals surface area (Å²) in [6.07, 6.45) is -15.3. The first-order valence-corrected chi connectivity index (χ1v) is 4.95. The van der Waals surface area contributed by atoms with Crippen LogP contribution in [0.1, 0.15) is 0 Å². The van der Waals surface area contributed by atoms with E-state index in [1.807, 2.05) is 0 Å². The van der Waals surface area contributed by atoms with Gasteiger partial charge in [-0.3, -0.25) is 0 Å². The van der Waals surface area contributed by atoms with Crippen molar-refractivity contribution in [3.8, 4) is 0 Å². The Kier molecular flexibility index (Phi) is 3.75. The van der Waals surface area contributed by atoms with Gasteiger partial charge >= 0.3 is 36.0 Å². The molecule has 0 N–H and O–H groups in total. The lowest BCUT2D eigenvalue weighted by atomic mass is 9.62. The molecule has 0 heterocycles. The minimum atomic E-state index is -7.85. The molecule has 0 amide bonds. The van der Waals surface area contributed by atoms with Crippen molar-refractivity contribution in [1.82, 2.24) is 0 Å². The average molecular weight is 382 g/mol. The maximum atomic E-state index is 13.5. The quantitative estimate of drug-likeness (QED) is 0.591. The molecule has 1 atom stereocenters. The van der Waals surface area contributed by atoms with E-state index in [0.29, 0.717) is 0 Å². The van der Waals surface area contributed by atoms with Gasteiger partial charge in [-0.25, -0.2) is 4.39 Å². The summed E-state index contributed by atoms with van der Waals surface area (Å²) in [7, 11) is 0. The molecule has 1 aliphatic carbocycles.